The van der Waals surface area contributed by atoms with Crippen LogP contribution in [0.2, 0.25) is 0 Å². The number of rotatable bonds is 4. The Labute approximate surface area is 195 Å². The summed E-state index contributed by atoms with van der Waals surface area (Å²) in [6, 6.07) is 12.9. The fourth-order valence-corrected chi connectivity index (χ4v) is 5.84. The Bertz CT molecular complexity index is 1200. The van der Waals surface area contributed by atoms with Crippen molar-refractivity contribution >= 4 is 22.5 Å². The van der Waals surface area contributed by atoms with Crippen LogP contribution in [0.4, 0.5) is 5.82 Å². The lowest BCUT2D eigenvalue weighted by Gasteiger charge is -2.41. The number of aromatic nitrogens is 2. The second kappa shape index (κ2) is 8.44. The molecule has 2 saturated carbocycles. The van der Waals surface area contributed by atoms with Crippen molar-refractivity contribution in [1.82, 2.24) is 15.5 Å². The van der Waals surface area contributed by atoms with Crippen LogP contribution in [0, 0.1) is 18.8 Å². The van der Waals surface area contributed by atoms with E-state index in [-0.39, 0.29) is 5.91 Å². The zero-order chi connectivity index (χ0) is 22.4. The first-order chi connectivity index (χ1) is 16.2. The first kappa shape index (κ1) is 20.6. The largest absolute Gasteiger partial charge is 0.354 e. The van der Waals surface area contributed by atoms with Gasteiger partial charge >= 0.3 is 0 Å². The molecule has 3 fully saturated rings. The van der Waals surface area contributed by atoms with Crippen molar-refractivity contribution in [2.75, 3.05) is 18.0 Å². The Morgan fingerprint density at radius 2 is 1.85 bits per heavy atom. The maximum atomic E-state index is 12.6. The molecule has 1 aliphatic heterocycles. The summed E-state index contributed by atoms with van der Waals surface area (Å²) < 4.78 is 0. The number of hydrogen-bond acceptors (Lipinski definition) is 4. The van der Waals surface area contributed by atoms with Gasteiger partial charge in [-0.2, -0.15) is 5.10 Å². The van der Waals surface area contributed by atoms with E-state index in [0.717, 1.165) is 65.7 Å². The van der Waals surface area contributed by atoms with Crippen LogP contribution in [0.3, 0.4) is 0 Å². The van der Waals surface area contributed by atoms with Gasteiger partial charge in [-0.15, -0.1) is 5.10 Å². The third-order valence-electron chi connectivity index (χ3n) is 7.96. The Balaban J connectivity index is 1.31. The number of nitrogens with one attached hydrogen (secondary N) is 1. The molecule has 1 amide bonds. The van der Waals surface area contributed by atoms with Crippen molar-refractivity contribution in [2.45, 2.75) is 57.9 Å². The molecule has 170 valence electrons. The minimum atomic E-state index is 0.0267. The molecular weight excluding hydrogens is 408 g/mol. The molecule has 1 aromatic heterocycles. The molecule has 3 aliphatic rings. The van der Waals surface area contributed by atoms with E-state index in [9.17, 15) is 4.79 Å². The summed E-state index contributed by atoms with van der Waals surface area (Å²) in [5, 5.41) is 14.3. The van der Waals surface area contributed by atoms with Gasteiger partial charge in [-0.05, 0) is 85.4 Å². The van der Waals surface area contributed by atoms with Gasteiger partial charge in [0.1, 0.15) is 0 Å². The molecule has 0 bridgehead atoms. The summed E-state index contributed by atoms with van der Waals surface area (Å²) in [7, 11) is 0. The number of anilines is 1. The van der Waals surface area contributed by atoms with Crippen LogP contribution in [0.5, 0.6) is 0 Å². The normalized spacial score (nSPS) is 22.8. The number of hydrogen-bond donors (Lipinski definition) is 1. The van der Waals surface area contributed by atoms with Crippen molar-refractivity contribution in [1.29, 1.82) is 0 Å². The summed E-state index contributed by atoms with van der Waals surface area (Å²) in [6.45, 7) is 4.29. The van der Waals surface area contributed by atoms with E-state index in [2.05, 4.69) is 45.5 Å². The summed E-state index contributed by atoms with van der Waals surface area (Å²) in [4.78, 5) is 15.1. The lowest BCUT2D eigenvalue weighted by Crippen LogP contribution is -2.42. The maximum Gasteiger partial charge on any atom is 0.251 e. The molecule has 0 spiro atoms. The van der Waals surface area contributed by atoms with Crippen LogP contribution in [0.15, 0.2) is 42.6 Å². The van der Waals surface area contributed by atoms with Gasteiger partial charge < -0.3 is 10.2 Å². The number of carbonyl (C=O) groups is 1. The number of aryl methyl sites for hydroxylation is 1. The van der Waals surface area contributed by atoms with E-state index in [4.69, 9.17) is 0 Å². The van der Waals surface area contributed by atoms with Crippen LogP contribution >= 0.6 is 0 Å². The molecule has 33 heavy (non-hydrogen) atoms. The molecule has 6 rings (SSSR count). The summed E-state index contributed by atoms with van der Waals surface area (Å²) in [5.41, 5.74) is 4.11. The Morgan fingerprint density at radius 1 is 1.00 bits per heavy atom. The third kappa shape index (κ3) is 4.09. The zero-order valence-corrected chi connectivity index (χ0v) is 19.4. The van der Waals surface area contributed by atoms with Gasteiger partial charge in [0.15, 0.2) is 5.82 Å². The Kier molecular flexibility index (Phi) is 5.28. The van der Waals surface area contributed by atoms with E-state index >= 15 is 0 Å². The van der Waals surface area contributed by atoms with Gasteiger partial charge in [0.05, 0.1) is 6.20 Å². The number of amides is 1. The average Bonchev–Trinajstić information content (AvgIpc) is 3.67. The van der Waals surface area contributed by atoms with Crippen molar-refractivity contribution in [3.63, 3.8) is 0 Å². The topological polar surface area (TPSA) is 58.1 Å². The SMILES string of the molecule is Cc1ccc(C(=O)NC2CC2)cc1-c1ccc2c(N3CCC4CCCCC4C3)nncc2c1. The van der Waals surface area contributed by atoms with Gasteiger partial charge in [0.2, 0.25) is 0 Å². The van der Waals surface area contributed by atoms with Crippen LogP contribution < -0.4 is 10.2 Å². The van der Waals surface area contributed by atoms with Crippen LogP contribution in [-0.4, -0.2) is 35.2 Å². The fraction of sp³-hybridized carbons (Fsp3) is 0.464. The monoisotopic (exact) mass is 440 g/mol. The second-order valence-electron chi connectivity index (χ2n) is 10.3. The average molecular weight is 441 g/mol. The number of nitrogens with zero attached hydrogens (tertiary/aromatic N) is 3. The van der Waals surface area contributed by atoms with Gasteiger partial charge in [-0.1, -0.05) is 31.4 Å². The third-order valence-corrected chi connectivity index (χ3v) is 7.96. The highest BCUT2D eigenvalue weighted by molar-refractivity contribution is 5.98. The van der Waals surface area contributed by atoms with E-state index in [0.29, 0.717) is 6.04 Å². The minimum absolute atomic E-state index is 0.0267. The Hall–Kier alpha value is -2.95. The highest BCUT2D eigenvalue weighted by Gasteiger charge is 2.32. The van der Waals surface area contributed by atoms with Crippen LogP contribution in [0.25, 0.3) is 21.9 Å². The molecule has 2 atom stereocenters. The highest BCUT2D eigenvalue weighted by Crippen LogP contribution is 2.39. The maximum absolute atomic E-state index is 12.6. The molecule has 5 nitrogen and oxygen atoms in total. The molecule has 0 radical (unpaired) electrons. The van der Waals surface area contributed by atoms with Crippen molar-refractivity contribution in [3.05, 3.63) is 53.7 Å². The predicted molar refractivity (Wildman–Crippen MR) is 132 cm³/mol. The quantitative estimate of drug-likeness (QED) is 0.581. The highest BCUT2D eigenvalue weighted by atomic mass is 16.1. The molecule has 3 aromatic rings. The summed E-state index contributed by atoms with van der Waals surface area (Å²) >= 11 is 0. The Morgan fingerprint density at radius 3 is 2.70 bits per heavy atom. The van der Waals surface area contributed by atoms with Crippen LogP contribution in [-0.2, 0) is 0 Å². The van der Waals surface area contributed by atoms with Gasteiger partial charge in [0, 0.05) is 35.5 Å². The molecule has 2 unspecified atom stereocenters. The molecule has 2 aromatic carbocycles. The molecule has 1 saturated heterocycles. The predicted octanol–water partition coefficient (Wildman–Crippen LogP) is 5.51. The van der Waals surface area contributed by atoms with E-state index in [1.807, 2.05) is 24.4 Å². The zero-order valence-electron chi connectivity index (χ0n) is 19.4. The van der Waals surface area contributed by atoms with Gasteiger partial charge in [0.25, 0.3) is 5.91 Å². The first-order valence-corrected chi connectivity index (χ1v) is 12.6. The van der Waals surface area contributed by atoms with Crippen molar-refractivity contribution in [2.24, 2.45) is 11.8 Å². The molecule has 1 N–H and O–H groups in total. The molecule has 2 heterocycles. The molecule has 5 heteroatoms. The summed E-state index contributed by atoms with van der Waals surface area (Å²) in [5.74, 6) is 2.75. The van der Waals surface area contributed by atoms with Gasteiger partial charge in [-0.3, -0.25) is 4.79 Å². The molecular formula is C28H32N4O. The number of piperidine rings is 1. The van der Waals surface area contributed by atoms with Crippen LogP contribution in [0.1, 0.15) is 60.9 Å². The first-order valence-electron chi connectivity index (χ1n) is 12.6. The molecule has 2 aliphatic carbocycles. The smallest absolute Gasteiger partial charge is 0.251 e. The van der Waals surface area contributed by atoms with Crippen molar-refractivity contribution in [3.8, 4) is 11.1 Å². The fourth-order valence-electron chi connectivity index (χ4n) is 5.84. The van der Waals surface area contributed by atoms with Gasteiger partial charge in [-0.25, -0.2) is 0 Å². The summed E-state index contributed by atoms with van der Waals surface area (Å²) in [6.07, 6.45) is 10.9. The van der Waals surface area contributed by atoms with E-state index in [1.54, 1.807) is 0 Å². The lowest BCUT2D eigenvalue weighted by atomic mass is 9.75. The number of carbonyl (C=O) groups excluding carboxylic acids is 1. The second-order valence-corrected chi connectivity index (χ2v) is 10.3. The van der Waals surface area contributed by atoms with Crippen molar-refractivity contribution < 1.29 is 4.79 Å². The number of fused-ring (bicyclic) bond motifs is 2. The number of benzene rings is 2. The van der Waals surface area contributed by atoms with E-state index < -0.39 is 0 Å². The lowest BCUT2D eigenvalue weighted by molar-refractivity contribution is 0.0951. The van der Waals surface area contributed by atoms with E-state index in [1.165, 1.54) is 43.1 Å². The minimum Gasteiger partial charge on any atom is -0.354 e. The standard InChI is InChI=1S/C28H32N4O/c1-18-6-7-21(28(33)30-24-9-10-24)15-26(18)20-8-11-25-23(14-20)16-29-31-27(25)32-13-12-19-4-2-3-5-22(19)17-32/h6-8,11,14-16,19,22,24H,2-5,9-10,12-13,17H2,1H3,(H,30,33).